The fourth-order valence-electron chi connectivity index (χ4n) is 4.37. The molecule has 0 aromatic heterocycles. The zero-order valence-corrected chi connectivity index (χ0v) is 13.4. The van der Waals surface area contributed by atoms with Crippen molar-refractivity contribution in [2.24, 2.45) is 11.8 Å². The van der Waals surface area contributed by atoms with E-state index in [1.165, 1.54) is 19.3 Å². The molecule has 2 aliphatic rings. The molecule has 0 aliphatic heterocycles. The molecule has 2 aliphatic carbocycles. The van der Waals surface area contributed by atoms with Crippen LogP contribution in [0.3, 0.4) is 0 Å². The maximum absolute atomic E-state index is 10.5. The number of aliphatic hydroxyl groups is 2. The first-order valence-corrected chi connectivity index (χ1v) is 8.61. The van der Waals surface area contributed by atoms with Crippen molar-refractivity contribution in [3.8, 4) is 0 Å². The van der Waals surface area contributed by atoms with Crippen LogP contribution < -0.4 is 0 Å². The molecule has 3 unspecified atom stereocenters. The molecule has 0 radical (unpaired) electrons. The fourth-order valence-corrected chi connectivity index (χ4v) is 4.37. The summed E-state index contributed by atoms with van der Waals surface area (Å²) in [6.07, 6.45) is 9.96. The van der Waals surface area contributed by atoms with Gasteiger partial charge in [0.15, 0.2) is 0 Å². The van der Waals surface area contributed by atoms with Crippen LogP contribution in [0.5, 0.6) is 0 Å². The van der Waals surface area contributed by atoms with Gasteiger partial charge in [0.25, 0.3) is 0 Å². The SMILES string of the molecule is CCCC1CCC(O)C(CN(C)CC2(O)CCCC2)C1. The predicted octanol–water partition coefficient (Wildman–Crippen LogP) is 2.80. The third-order valence-corrected chi connectivity index (χ3v) is 5.39. The van der Waals surface area contributed by atoms with Crippen molar-refractivity contribution >= 4 is 0 Å². The molecule has 3 atom stereocenters. The zero-order valence-electron chi connectivity index (χ0n) is 13.4. The van der Waals surface area contributed by atoms with Crippen molar-refractivity contribution in [3.63, 3.8) is 0 Å². The van der Waals surface area contributed by atoms with Gasteiger partial charge in [0.2, 0.25) is 0 Å². The van der Waals surface area contributed by atoms with Gasteiger partial charge in [-0.1, -0.05) is 32.6 Å². The van der Waals surface area contributed by atoms with Gasteiger partial charge in [0, 0.05) is 13.1 Å². The highest BCUT2D eigenvalue weighted by atomic mass is 16.3. The lowest BCUT2D eigenvalue weighted by Gasteiger charge is -2.37. The molecule has 20 heavy (non-hydrogen) atoms. The Labute approximate surface area is 124 Å². The van der Waals surface area contributed by atoms with Gasteiger partial charge in [-0.25, -0.2) is 0 Å². The quantitative estimate of drug-likeness (QED) is 0.788. The molecule has 0 saturated heterocycles. The molecule has 0 bridgehead atoms. The van der Waals surface area contributed by atoms with Crippen molar-refractivity contribution in [1.29, 1.82) is 0 Å². The normalized spacial score (nSPS) is 33.8. The minimum Gasteiger partial charge on any atom is -0.393 e. The Hall–Kier alpha value is -0.120. The van der Waals surface area contributed by atoms with Gasteiger partial charge < -0.3 is 15.1 Å². The minimum atomic E-state index is -0.461. The molecule has 3 nitrogen and oxygen atoms in total. The highest BCUT2D eigenvalue weighted by Crippen LogP contribution is 2.34. The summed E-state index contributed by atoms with van der Waals surface area (Å²) >= 11 is 0. The maximum atomic E-state index is 10.5. The van der Waals surface area contributed by atoms with E-state index in [1.54, 1.807) is 0 Å². The molecule has 0 heterocycles. The number of rotatable bonds is 6. The third-order valence-electron chi connectivity index (χ3n) is 5.39. The Morgan fingerprint density at radius 2 is 1.90 bits per heavy atom. The second kappa shape index (κ2) is 7.24. The largest absolute Gasteiger partial charge is 0.393 e. The van der Waals surface area contributed by atoms with Crippen molar-refractivity contribution in [2.75, 3.05) is 20.1 Å². The van der Waals surface area contributed by atoms with E-state index in [-0.39, 0.29) is 6.10 Å². The Bertz CT molecular complexity index is 289. The van der Waals surface area contributed by atoms with Gasteiger partial charge in [-0.15, -0.1) is 0 Å². The molecule has 118 valence electrons. The summed E-state index contributed by atoms with van der Waals surface area (Å²) in [5.74, 6) is 1.20. The van der Waals surface area contributed by atoms with Crippen LogP contribution in [-0.2, 0) is 0 Å². The van der Waals surface area contributed by atoms with E-state index in [9.17, 15) is 10.2 Å². The van der Waals surface area contributed by atoms with E-state index in [2.05, 4.69) is 18.9 Å². The van der Waals surface area contributed by atoms with Crippen molar-refractivity contribution < 1.29 is 10.2 Å². The van der Waals surface area contributed by atoms with Crippen molar-refractivity contribution in [3.05, 3.63) is 0 Å². The molecule has 0 amide bonds. The van der Waals surface area contributed by atoms with Gasteiger partial charge in [-0.3, -0.25) is 0 Å². The Balaban J connectivity index is 1.80. The lowest BCUT2D eigenvalue weighted by atomic mass is 9.77. The summed E-state index contributed by atoms with van der Waals surface area (Å²) in [4.78, 5) is 2.26. The topological polar surface area (TPSA) is 43.7 Å². The average Bonchev–Trinajstić information content (AvgIpc) is 2.80. The summed E-state index contributed by atoms with van der Waals surface area (Å²) in [5.41, 5.74) is -0.461. The van der Waals surface area contributed by atoms with Gasteiger partial charge in [-0.2, -0.15) is 0 Å². The molecular formula is C17H33NO2. The van der Waals surface area contributed by atoms with Crippen molar-refractivity contribution in [1.82, 2.24) is 4.90 Å². The van der Waals surface area contributed by atoms with Gasteiger partial charge in [0.1, 0.15) is 0 Å². The minimum absolute atomic E-state index is 0.135. The molecule has 2 rings (SSSR count). The molecule has 2 N–H and O–H groups in total. The third kappa shape index (κ3) is 4.44. The first kappa shape index (κ1) is 16.3. The van der Waals surface area contributed by atoms with Crippen LogP contribution in [0.2, 0.25) is 0 Å². The van der Waals surface area contributed by atoms with E-state index in [4.69, 9.17) is 0 Å². The van der Waals surface area contributed by atoms with E-state index in [0.29, 0.717) is 5.92 Å². The zero-order chi connectivity index (χ0) is 14.6. The van der Waals surface area contributed by atoms with Crippen LogP contribution >= 0.6 is 0 Å². The first-order chi connectivity index (χ1) is 9.52. The molecular weight excluding hydrogens is 250 g/mol. The highest BCUT2D eigenvalue weighted by molar-refractivity contribution is 4.88. The summed E-state index contributed by atoms with van der Waals surface area (Å²) in [7, 11) is 2.10. The van der Waals surface area contributed by atoms with Crippen LogP contribution in [0.1, 0.15) is 64.7 Å². The number of likely N-dealkylation sites (N-methyl/N-ethyl adjacent to an activating group) is 1. The maximum Gasteiger partial charge on any atom is 0.0774 e. The molecule has 0 aromatic rings. The van der Waals surface area contributed by atoms with Crippen LogP contribution in [0, 0.1) is 11.8 Å². The lowest BCUT2D eigenvalue weighted by molar-refractivity contribution is -0.00922. The summed E-state index contributed by atoms with van der Waals surface area (Å²) in [5, 5.41) is 20.7. The van der Waals surface area contributed by atoms with Gasteiger partial charge in [-0.05, 0) is 51.0 Å². The molecule has 2 saturated carbocycles. The fraction of sp³-hybridized carbons (Fsp3) is 1.00. The van der Waals surface area contributed by atoms with E-state index in [1.807, 2.05) is 0 Å². The second-order valence-electron chi connectivity index (χ2n) is 7.42. The molecule has 0 aromatic carbocycles. The molecule has 2 fully saturated rings. The molecule has 0 spiro atoms. The van der Waals surface area contributed by atoms with Gasteiger partial charge >= 0.3 is 0 Å². The standard InChI is InChI=1S/C17H33NO2/c1-3-6-14-7-8-16(19)15(11-14)12-18(2)13-17(20)9-4-5-10-17/h14-16,19-20H,3-13H2,1-2H3. The number of nitrogens with zero attached hydrogens (tertiary/aromatic N) is 1. The first-order valence-electron chi connectivity index (χ1n) is 8.61. The number of hydrogen-bond donors (Lipinski definition) is 2. The Morgan fingerprint density at radius 1 is 1.20 bits per heavy atom. The number of aliphatic hydroxyl groups excluding tert-OH is 1. The van der Waals surface area contributed by atoms with E-state index < -0.39 is 5.60 Å². The monoisotopic (exact) mass is 283 g/mol. The molecule has 3 heteroatoms. The van der Waals surface area contributed by atoms with Crippen LogP contribution in [0.4, 0.5) is 0 Å². The van der Waals surface area contributed by atoms with Crippen LogP contribution in [0.15, 0.2) is 0 Å². The highest BCUT2D eigenvalue weighted by Gasteiger charge is 2.34. The predicted molar refractivity (Wildman–Crippen MR) is 82.7 cm³/mol. The second-order valence-corrected chi connectivity index (χ2v) is 7.42. The van der Waals surface area contributed by atoms with Crippen molar-refractivity contribution in [2.45, 2.75) is 76.4 Å². The Kier molecular flexibility index (Phi) is 5.88. The average molecular weight is 283 g/mol. The lowest BCUT2D eigenvalue weighted by Crippen LogP contribution is -2.44. The van der Waals surface area contributed by atoms with E-state index in [0.717, 1.165) is 57.5 Å². The van der Waals surface area contributed by atoms with Crippen LogP contribution in [-0.4, -0.2) is 47.0 Å². The van der Waals surface area contributed by atoms with Crippen LogP contribution in [0.25, 0.3) is 0 Å². The number of hydrogen-bond acceptors (Lipinski definition) is 3. The van der Waals surface area contributed by atoms with Gasteiger partial charge in [0.05, 0.1) is 11.7 Å². The van der Waals surface area contributed by atoms with E-state index >= 15 is 0 Å². The summed E-state index contributed by atoms with van der Waals surface area (Å²) < 4.78 is 0. The Morgan fingerprint density at radius 3 is 2.55 bits per heavy atom. The summed E-state index contributed by atoms with van der Waals surface area (Å²) in [6, 6.07) is 0. The summed E-state index contributed by atoms with van der Waals surface area (Å²) in [6.45, 7) is 3.96. The smallest absolute Gasteiger partial charge is 0.0774 e.